The summed E-state index contributed by atoms with van der Waals surface area (Å²) in [4.78, 5) is 24.0. The lowest BCUT2D eigenvalue weighted by atomic mass is 10.2. The molecular formula is C12H12ClN5O. The van der Waals surface area contributed by atoms with Crippen molar-refractivity contribution >= 4 is 29.3 Å². The van der Waals surface area contributed by atoms with E-state index in [1.165, 1.54) is 12.1 Å². The molecule has 6 nitrogen and oxygen atoms in total. The van der Waals surface area contributed by atoms with Gasteiger partial charge >= 0.3 is 0 Å². The van der Waals surface area contributed by atoms with Crippen LogP contribution in [-0.4, -0.2) is 20.9 Å². The molecule has 19 heavy (non-hydrogen) atoms. The summed E-state index contributed by atoms with van der Waals surface area (Å²) in [6, 6.07) is 4.68. The summed E-state index contributed by atoms with van der Waals surface area (Å²) in [5.41, 5.74) is 7.38. The number of hydrogen-bond acceptors (Lipinski definition) is 5. The average molecular weight is 278 g/mol. The Kier molecular flexibility index (Phi) is 3.62. The molecule has 1 amide bonds. The molecule has 3 N–H and O–H groups in total. The standard InChI is InChI=1S/C12H12ClN5O/c1-6-3-7(2)16-12(15-6)18-11(19)8-4-9(13)17-10(14)5-8/h3-5H,1-2H3,(H2,14,17)(H,15,16,18,19). The van der Waals surface area contributed by atoms with Crippen molar-refractivity contribution in [3.63, 3.8) is 0 Å². The zero-order valence-corrected chi connectivity index (χ0v) is 11.2. The van der Waals surface area contributed by atoms with Gasteiger partial charge in [-0.15, -0.1) is 0 Å². The molecule has 7 heteroatoms. The lowest BCUT2D eigenvalue weighted by molar-refractivity contribution is 0.102. The SMILES string of the molecule is Cc1cc(C)nc(NC(=O)c2cc(N)nc(Cl)c2)n1. The van der Waals surface area contributed by atoms with Gasteiger partial charge in [-0.3, -0.25) is 10.1 Å². The quantitative estimate of drug-likeness (QED) is 0.819. The summed E-state index contributed by atoms with van der Waals surface area (Å²) < 4.78 is 0. The summed E-state index contributed by atoms with van der Waals surface area (Å²) in [6.07, 6.45) is 0. The number of anilines is 2. The highest BCUT2D eigenvalue weighted by Gasteiger charge is 2.10. The first-order valence-corrected chi connectivity index (χ1v) is 5.88. The van der Waals surface area contributed by atoms with Gasteiger partial charge in [0.25, 0.3) is 5.91 Å². The van der Waals surface area contributed by atoms with Crippen molar-refractivity contribution < 1.29 is 4.79 Å². The zero-order chi connectivity index (χ0) is 14.0. The molecule has 0 atom stereocenters. The number of halogens is 1. The number of aromatic nitrogens is 3. The van der Waals surface area contributed by atoms with E-state index in [2.05, 4.69) is 20.3 Å². The van der Waals surface area contributed by atoms with Crippen molar-refractivity contribution in [2.45, 2.75) is 13.8 Å². The molecule has 0 bridgehead atoms. The second kappa shape index (κ2) is 5.19. The van der Waals surface area contributed by atoms with Crippen LogP contribution in [-0.2, 0) is 0 Å². The van der Waals surface area contributed by atoms with Crippen LogP contribution in [0.2, 0.25) is 5.15 Å². The maximum atomic E-state index is 12.0. The van der Waals surface area contributed by atoms with Crippen molar-refractivity contribution in [2.24, 2.45) is 0 Å². The summed E-state index contributed by atoms with van der Waals surface area (Å²) >= 11 is 5.75. The molecule has 0 fully saturated rings. The molecule has 2 aromatic rings. The Labute approximate surface area is 115 Å². The van der Waals surface area contributed by atoms with Gasteiger partial charge in [0.05, 0.1) is 0 Å². The minimum atomic E-state index is -0.388. The number of nitrogens with two attached hydrogens (primary N) is 1. The van der Waals surface area contributed by atoms with Crippen molar-refractivity contribution in [1.82, 2.24) is 15.0 Å². The van der Waals surface area contributed by atoms with Crippen LogP contribution in [0.3, 0.4) is 0 Å². The molecule has 0 aliphatic heterocycles. The van der Waals surface area contributed by atoms with E-state index in [1.54, 1.807) is 0 Å². The molecule has 2 heterocycles. The van der Waals surface area contributed by atoms with Gasteiger partial charge in [0.2, 0.25) is 5.95 Å². The highest BCUT2D eigenvalue weighted by molar-refractivity contribution is 6.30. The molecule has 0 saturated heterocycles. The van der Waals surface area contributed by atoms with E-state index in [4.69, 9.17) is 17.3 Å². The lowest BCUT2D eigenvalue weighted by Crippen LogP contribution is -2.15. The third kappa shape index (κ3) is 3.38. The van der Waals surface area contributed by atoms with Crippen LogP contribution in [0.25, 0.3) is 0 Å². The normalized spacial score (nSPS) is 10.3. The van der Waals surface area contributed by atoms with Gasteiger partial charge in [-0.25, -0.2) is 15.0 Å². The third-order valence-electron chi connectivity index (χ3n) is 2.28. The lowest BCUT2D eigenvalue weighted by Gasteiger charge is -2.06. The molecule has 2 aromatic heterocycles. The number of amides is 1. The number of pyridine rings is 1. The van der Waals surface area contributed by atoms with Crippen LogP contribution in [0.5, 0.6) is 0 Å². The molecule has 98 valence electrons. The maximum absolute atomic E-state index is 12.0. The molecule has 0 unspecified atom stereocenters. The minimum absolute atomic E-state index is 0.159. The van der Waals surface area contributed by atoms with Crippen LogP contribution in [0.1, 0.15) is 21.7 Å². The highest BCUT2D eigenvalue weighted by Crippen LogP contribution is 2.13. The van der Waals surface area contributed by atoms with Gasteiger partial charge < -0.3 is 5.73 Å². The van der Waals surface area contributed by atoms with Gasteiger partial charge in [0.15, 0.2) is 0 Å². The van der Waals surface area contributed by atoms with Crippen molar-refractivity contribution in [2.75, 3.05) is 11.1 Å². The van der Waals surface area contributed by atoms with E-state index in [1.807, 2.05) is 19.9 Å². The number of rotatable bonds is 2. The van der Waals surface area contributed by atoms with Crippen molar-refractivity contribution in [1.29, 1.82) is 0 Å². The Hall–Kier alpha value is -2.21. The Morgan fingerprint density at radius 2 is 1.79 bits per heavy atom. The van der Waals surface area contributed by atoms with Gasteiger partial charge in [0.1, 0.15) is 11.0 Å². The van der Waals surface area contributed by atoms with E-state index in [9.17, 15) is 4.79 Å². The Bertz CT molecular complexity index is 604. The number of carbonyl (C=O) groups excluding carboxylic acids is 1. The molecule has 0 saturated carbocycles. The number of hydrogen-bond donors (Lipinski definition) is 2. The van der Waals surface area contributed by atoms with Gasteiger partial charge in [0, 0.05) is 17.0 Å². The third-order valence-corrected chi connectivity index (χ3v) is 2.48. The first-order chi connectivity index (χ1) is 8.94. The first kappa shape index (κ1) is 13.2. The van der Waals surface area contributed by atoms with Crippen molar-refractivity contribution in [3.05, 3.63) is 40.3 Å². The average Bonchev–Trinajstić information content (AvgIpc) is 2.25. The van der Waals surface area contributed by atoms with E-state index in [0.29, 0.717) is 5.56 Å². The van der Waals surface area contributed by atoms with Crippen LogP contribution < -0.4 is 11.1 Å². The number of nitrogen functional groups attached to an aromatic ring is 1. The van der Waals surface area contributed by atoms with Crippen molar-refractivity contribution in [3.8, 4) is 0 Å². The van der Waals surface area contributed by atoms with Gasteiger partial charge in [-0.2, -0.15) is 0 Å². The predicted octanol–water partition coefficient (Wildman–Crippen LogP) is 1.98. The Morgan fingerprint density at radius 1 is 1.16 bits per heavy atom. The zero-order valence-electron chi connectivity index (χ0n) is 10.4. The van der Waals surface area contributed by atoms with Crippen LogP contribution in [0.4, 0.5) is 11.8 Å². The summed E-state index contributed by atoms with van der Waals surface area (Å²) in [5, 5.41) is 2.75. The van der Waals surface area contributed by atoms with E-state index in [-0.39, 0.29) is 22.8 Å². The molecule has 0 spiro atoms. The summed E-state index contributed by atoms with van der Waals surface area (Å²) in [7, 11) is 0. The number of carbonyl (C=O) groups is 1. The second-order valence-electron chi connectivity index (χ2n) is 4.03. The van der Waals surface area contributed by atoms with E-state index >= 15 is 0 Å². The second-order valence-corrected chi connectivity index (χ2v) is 4.42. The molecule has 0 aliphatic carbocycles. The minimum Gasteiger partial charge on any atom is -0.384 e. The molecule has 0 aliphatic rings. The van der Waals surface area contributed by atoms with Crippen LogP contribution in [0.15, 0.2) is 18.2 Å². The molecule has 0 radical (unpaired) electrons. The highest BCUT2D eigenvalue weighted by atomic mass is 35.5. The Balaban J connectivity index is 2.25. The molecular weight excluding hydrogens is 266 g/mol. The summed E-state index contributed by atoms with van der Waals surface area (Å²) in [5.74, 6) is 0.0361. The maximum Gasteiger partial charge on any atom is 0.258 e. The topological polar surface area (TPSA) is 93.8 Å². The van der Waals surface area contributed by atoms with E-state index < -0.39 is 0 Å². The number of aryl methyl sites for hydroxylation is 2. The number of nitrogens with one attached hydrogen (secondary N) is 1. The predicted molar refractivity (Wildman–Crippen MR) is 73.1 cm³/mol. The monoisotopic (exact) mass is 277 g/mol. The van der Waals surface area contributed by atoms with Crippen LogP contribution in [0, 0.1) is 13.8 Å². The molecule has 2 rings (SSSR count). The molecule has 0 aromatic carbocycles. The summed E-state index contributed by atoms with van der Waals surface area (Å²) in [6.45, 7) is 3.65. The number of nitrogens with zero attached hydrogens (tertiary/aromatic N) is 3. The fraction of sp³-hybridized carbons (Fsp3) is 0.167. The van der Waals surface area contributed by atoms with Gasteiger partial charge in [-0.05, 0) is 32.0 Å². The van der Waals surface area contributed by atoms with E-state index in [0.717, 1.165) is 11.4 Å². The van der Waals surface area contributed by atoms with Gasteiger partial charge in [-0.1, -0.05) is 11.6 Å². The fourth-order valence-corrected chi connectivity index (χ4v) is 1.82. The Morgan fingerprint density at radius 3 is 2.37 bits per heavy atom. The first-order valence-electron chi connectivity index (χ1n) is 5.51. The van der Waals surface area contributed by atoms with Crippen LogP contribution >= 0.6 is 11.6 Å². The largest absolute Gasteiger partial charge is 0.384 e. The fourth-order valence-electron chi connectivity index (χ4n) is 1.60. The smallest absolute Gasteiger partial charge is 0.258 e.